The van der Waals surface area contributed by atoms with Crippen molar-refractivity contribution in [1.29, 1.82) is 0 Å². The lowest BCUT2D eigenvalue weighted by Crippen LogP contribution is -2.47. The van der Waals surface area contributed by atoms with Gasteiger partial charge in [-0.15, -0.1) is 0 Å². The Morgan fingerprint density at radius 2 is 1.90 bits per heavy atom. The lowest BCUT2D eigenvalue weighted by molar-refractivity contribution is -0.122. The monoisotopic (exact) mass is 297 g/mol. The van der Waals surface area contributed by atoms with Crippen LogP contribution in [0.2, 0.25) is 0 Å². The molecule has 110 valence electrons. The second-order valence-corrected chi connectivity index (χ2v) is 6.69. The number of amides is 1. The van der Waals surface area contributed by atoms with E-state index in [-0.39, 0.29) is 17.7 Å². The molecule has 1 aromatic carbocycles. The zero-order valence-electron chi connectivity index (χ0n) is 11.1. The highest BCUT2D eigenvalue weighted by molar-refractivity contribution is 7.88. The maximum Gasteiger partial charge on any atom is 0.220 e. The molecule has 1 heterocycles. The molecule has 0 spiro atoms. The number of carbonyl (C=O) groups excluding carboxylic acids is 1. The number of carbonyl (C=O) groups is 1. The van der Waals surface area contributed by atoms with Gasteiger partial charge >= 0.3 is 0 Å². The van der Waals surface area contributed by atoms with Gasteiger partial charge in [0.2, 0.25) is 15.9 Å². The summed E-state index contributed by atoms with van der Waals surface area (Å²) in [5.74, 6) is -0.0970. The summed E-state index contributed by atoms with van der Waals surface area (Å²) in [5, 5.41) is 2.65. The van der Waals surface area contributed by atoms with E-state index in [1.165, 1.54) is 0 Å². The second-order valence-electron chi connectivity index (χ2n) is 4.94. The second kappa shape index (κ2) is 6.34. The number of sulfonamides is 1. The highest BCUT2D eigenvalue weighted by Crippen LogP contribution is 2.10. The minimum atomic E-state index is -3.40. The molecule has 6 nitrogen and oxygen atoms in total. The summed E-state index contributed by atoms with van der Waals surface area (Å²) in [6.07, 6.45) is 0.898. The van der Waals surface area contributed by atoms with Crippen LogP contribution < -0.4 is 15.8 Å². The molecule has 0 saturated carbocycles. The van der Waals surface area contributed by atoms with Crippen LogP contribution in [0.3, 0.4) is 0 Å². The molecule has 0 aliphatic carbocycles. The van der Waals surface area contributed by atoms with E-state index < -0.39 is 10.0 Å². The summed E-state index contributed by atoms with van der Waals surface area (Å²) in [7, 11) is -3.40. The molecule has 20 heavy (non-hydrogen) atoms. The van der Waals surface area contributed by atoms with Gasteiger partial charge in [-0.2, -0.15) is 0 Å². The number of hydrogen-bond acceptors (Lipinski definition) is 4. The molecule has 1 amide bonds. The van der Waals surface area contributed by atoms with Gasteiger partial charge in [0, 0.05) is 25.6 Å². The van der Waals surface area contributed by atoms with E-state index in [0.29, 0.717) is 25.9 Å². The first-order valence-electron chi connectivity index (χ1n) is 6.53. The van der Waals surface area contributed by atoms with Crippen molar-refractivity contribution in [3.05, 3.63) is 35.4 Å². The van der Waals surface area contributed by atoms with E-state index in [4.69, 9.17) is 5.73 Å². The molecule has 2 rings (SSSR count). The number of nitrogens with two attached hydrogens (primary N) is 1. The van der Waals surface area contributed by atoms with Crippen molar-refractivity contribution < 1.29 is 13.2 Å². The normalized spacial score (nSPS) is 19.6. The van der Waals surface area contributed by atoms with Crippen LogP contribution in [0.1, 0.15) is 24.0 Å². The van der Waals surface area contributed by atoms with Crippen LogP contribution in [-0.4, -0.2) is 26.9 Å². The smallest absolute Gasteiger partial charge is 0.220 e. The molecule has 1 aromatic rings. The molecule has 0 radical (unpaired) electrons. The lowest BCUT2D eigenvalue weighted by atomic mass is 10.1. The van der Waals surface area contributed by atoms with Crippen LogP contribution in [0.4, 0.5) is 0 Å². The molecule has 1 saturated heterocycles. The van der Waals surface area contributed by atoms with Gasteiger partial charge in [-0.05, 0) is 17.5 Å². The molecular formula is C13H19N3O3S. The molecule has 1 aliphatic heterocycles. The minimum absolute atomic E-state index is 0.0298. The van der Waals surface area contributed by atoms with Gasteiger partial charge in [-0.3, -0.25) is 4.79 Å². The quantitative estimate of drug-likeness (QED) is 0.703. The fraction of sp³-hybridized carbons (Fsp3) is 0.462. The van der Waals surface area contributed by atoms with Crippen molar-refractivity contribution in [1.82, 2.24) is 10.0 Å². The first-order chi connectivity index (χ1) is 9.48. The Bertz CT molecular complexity index is 559. The van der Waals surface area contributed by atoms with Crippen LogP contribution >= 0.6 is 0 Å². The van der Waals surface area contributed by atoms with Gasteiger partial charge in [0.25, 0.3) is 0 Å². The summed E-state index contributed by atoms with van der Waals surface area (Å²) >= 11 is 0. The number of hydrogen-bond donors (Lipinski definition) is 3. The highest BCUT2D eigenvalue weighted by atomic mass is 32.2. The standard InChI is InChI=1S/C13H19N3O3S/c14-7-10-1-3-11(4-2-10)9-20(18,19)16-12-5-6-13(17)15-8-12/h1-4,12,16H,5-9,14H2,(H,15,17). The van der Waals surface area contributed by atoms with Crippen LogP contribution in [0.25, 0.3) is 0 Å². The molecule has 0 aromatic heterocycles. The summed E-state index contributed by atoms with van der Waals surface area (Å²) in [6.45, 7) is 0.789. The summed E-state index contributed by atoms with van der Waals surface area (Å²) in [5.41, 5.74) is 7.18. The number of benzene rings is 1. The van der Waals surface area contributed by atoms with Crippen molar-refractivity contribution in [3.63, 3.8) is 0 Å². The van der Waals surface area contributed by atoms with Gasteiger partial charge in [0.1, 0.15) is 0 Å². The van der Waals surface area contributed by atoms with Gasteiger partial charge in [-0.1, -0.05) is 24.3 Å². The van der Waals surface area contributed by atoms with E-state index >= 15 is 0 Å². The maximum atomic E-state index is 12.1. The van der Waals surface area contributed by atoms with E-state index in [9.17, 15) is 13.2 Å². The minimum Gasteiger partial charge on any atom is -0.355 e. The fourth-order valence-electron chi connectivity index (χ4n) is 2.12. The molecular weight excluding hydrogens is 278 g/mol. The van der Waals surface area contributed by atoms with Crippen LogP contribution in [0.15, 0.2) is 24.3 Å². The Hall–Kier alpha value is -1.44. The summed E-state index contributed by atoms with van der Waals surface area (Å²) in [6, 6.07) is 6.96. The zero-order chi connectivity index (χ0) is 14.6. The van der Waals surface area contributed by atoms with E-state index in [0.717, 1.165) is 11.1 Å². The summed E-state index contributed by atoms with van der Waals surface area (Å²) in [4.78, 5) is 11.0. The van der Waals surface area contributed by atoms with E-state index in [1.807, 2.05) is 12.1 Å². The third kappa shape index (κ3) is 4.29. The zero-order valence-corrected chi connectivity index (χ0v) is 11.9. The first-order valence-corrected chi connectivity index (χ1v) is 8.18. The van der Waals surface area contributed by atoms with E-state index in [2.05, 4.69) is 10.0 Å². The van der Waals surface area contributed by atoms with Gasteiger partial charge in [-0.25, -0.2) is 13.1 Å². The SMILES string of the molecule is NCc1ccc(CS(=O)(=O)NC2CCC(=O)NC2)cc1. The molecule has 1 aliphatic rings. The van der Waals surface area contributed by atoms with Gasteiger partial charge in [0.15, 0.2) is 0 Å². The molecule has 7 heteroatoms. The predicted octanol–water partition coefficient (Wildman–Crippen LogP) is -0.157. The highest BCUT2D eigenvalue weighted by Gasteiger charge is 2.23. The van der Waals surface area contributed by atoms with Crippen LogP contribution in [-0.2, 0) is 27.1 Å². The van der Waals surface area contributed by atoms with Gasteiger partial charge < -0.3 is 11.1 Å². The fourth-order valence-corrected chi connectivity index (χ4v) is 3.54. The van der Waals surface area contributed by atoms with Crippen molar-refractivity contribution in [3.8, 4) is 0 Å². The third-order valence-electron chi connectivity index (χ3n) is 3.23. The number of rotatable bonds is 5. The average molecular weight is 297 g/mol. The Kier molecular flexibility index (Phi) is 4.74. The Morgan fingerprint density at radius 1 is 1.25 bits per heavy atom. The van der Waals surface area contributed by atoms with Crippen molar-refractivity contribution in [2.24, 2.45) is 5.73 Å². The first kappa shape index (κ1) is 15.0. The molecule has 0 bridgehead atoms. The Balaban J connectivity index is 1.94. The number of piperidine rings is 1. The van der Waals surface area contributed by atoms with Crippen LogP contribution in [0, 0.1) is 0 Å². The number of nitrogens with one attached hydrogen (secondary N) is 2. The van der Waals surface area contributed by atoms with E-state index in [1.54, 1.807) is 12.1 Å². The topological polar surface area (TPSA) is 101 Å². The lowest BCUT2D eigenvalue weighted by Gasteiger charge is -2.23. The van der Waals surface area contributed by atoms with Crippen molar-refractivity contribution in [2.45, 2.75) is 31.2 Å². The molecule has 1 fully saturated rings. The largest absolute Gasteiger partial charge is 0.355 e. The van der Waals surface area contributed by atoms with Crippen LogP contribution in [0.5, 0.6) is 0 Å². The molecule has 1 atom stereocenters. The summed E-state index contributed by atoms with van der Waals surface area (Å²) < 4.78 is 26.7. The van der Waals surface area contributed by atoms with Crippen molar-refractivity contribution >= 4 is 15.9 Å². The molecule has 1 unspecified atom stereocenters. The average Bonchev–Trinajstić information content (AvgIpc) is 2.41. The maximum absolute atomic E-state index is 12.1. The third-order valence-corrected chi connectivity index (χ3v) is 4.63. The van der Waals surface area contributed by atoms with Gasteiger partial charge in [0.05, 0.1) is 5.75 Å². The Labute approximate surface area is 118 Å². The van der Waals surface area contributed by atoms with Crippen molar-refractivity contribution in [2.75, 3.05) is 6.54 Å². The predicted molar refractivity (Wildman–Crippen MR) is 76.1 cm³/mol. The Morgan fingerprint density at radius 3 is 2.45 bits per heavy atom. The molecule has 4 N–H and O–H groups in total.